The number of aliphatic imine (C=N–C) groups is 1. The fourth-order valence-corrected chi connectivity index (χ4v) is 3.27. The van der Waals surface area contributed by atoms with Crippen molar-refractivity contribution in [1.82, 2.24) is 15.5 Å². The molecule has 0 aromatic heterocycles. The first-order valence-corrected chi connectivity index (χ1v) is 10.4. The maximum absolute atomic E-state index is 6.06. The lowest BCUT2D eigenvalue weighted by Crippen LogP contribution is -2.38. The van der Waals surface area contributed by atoms with Crippen LogP contribution in [0.2, 0.25) is 0 Å². The fraction of sp³-hybridized carbons (Fsp3) is 0.435. The molecule has 0 atom stereocenters. The van der Waals surface area contributed by atoms with Crippen LogP contribution in [0.15, 0.2) is 53.5 Å². The lowest BCUT2D eigenvalue weighted by Gasteiger charge is -2.26. The van der Waals surface area contributed by atoms with Crippen LogP contribution in [0, 0.1) is 0 Å². The highest BCUT2D eigenvalue weighted by molar-refractivity contribution is 14.0. The van der Waals surface area contributed by atoms with Gasteiger partial charge in [0.1, 0.15) is 18.1 Å². The summed E-state index contributed by atoms with van der Waals surface area (Å²) >= 11 is 0. The third-order valence-corrected chi connectivity index (χ3v) is 5.01. The van der Waals surface area contributed by atoms with Crippen molar-refractivity contribution >= 4 is 29.9 Å². The Morgan fingerprint density at radius 2 is 1.84 bits per heavy atom. The molecule has 0 bridgehead atoms. The highest BCUT2D eigenvalue weighted by Gasteiger charge is 2.11. The molecule has 0 amide bonds. The van der Waals surface area contributed by atoms with Crippen LogP contribution in [0.3, 0.4) is 0 Å². The van der Waals surface area contributed by atoms with Crippen LogP contribution in [-0.2, 0) is 17.8 Å². The van der Waals surface area contributed by atoms with Gasteiger partial charge in [0, 0.05) is 45.3 Å². The molecule has 1 fully saturated rings. The number of nitrogens with zero attached hydrogens (tertiary/aromatic N) is 2. The van der Waals surface area contributed by atoms with Crippen molar-refractivity contribution < 1.29 is 14.2 Å². The molecule has 0 unspecified atom stereocenters. The van der Waals surface area contributed by atoms with E-state index in [0.29, 0.717) is 19.7 Å². The van der Waals surface area contributed by atoms with Gasteiger partial charge in [-0.3, -0.25) is 9.89 Å². The molecule has 1 saturated heterocycles. The minimum Gasteiger partial charge on any atom is -0.497 e. The average Bonchev–Trinajstić information content (AvgIpc) is 2.81. The van der Waals surface area contributed by atoms with Crippen molar-refractivity contribution in [3.05, 3.63) is 59.7 Å². The van der Waals surface area contributed by atoms with Crippen LogP contribution < -0.4 is 20.1 Å². The predicted molar refractivity (Wildman–Crippen MR) is 135 cm³/mol. The molecular formula is C23H33IN4O3. The Hall–Kier alpha value is -2.04. The monoisotopic (exact) mass is 540 g/mol. The van der Waals surface area contributed by atoms with Crippen LogP contribution in [0.1, 0.15) is 11.1 Å². The number of halogens is 1. The van der Waals surface area contributed by atoms with Gasteiger partial charge in [-0.2, -0.15) is 0 Å². The average molecular weight is 540 g/mol. The third-order valence-electron chi connectivity index (χ3n) is 5.01. The highest BCUT2D eigenvalue weighted by Crippen LogP contribution is 2.18. The number of ether oxygens (including phenoxy) is 3. The van der Waals surface area contributed by atoms with Crippen molar-refractivity contribution in [2.45, 2.75) is 13.1 Å². The van der Waals surface area contributed by atoms with Crippen molar-refractivity contribution in [3.63, 3.8) is 0 Å². The van der Waals surface area contributed by atoms with Gasteiger partial charge in [-0.05, 0) is 23.8 Å². The van der Waals surface area contributed by atoms with Crippen LogP contribution in [0.4, 0.5) is 0 Å². The molecule has 2 N–H and O–H groups in total. The summed E-state index contributed by atoms with van der Waals surface area (Å²) in [5.41, 5.74) is 2.23. The molecule has 2 aromatic rings. The number of hydrogen-bond donors (Lipinski definition) is 2. The highest BCUT2D eigenvalue weighted by atomic mass is 127. The number of para-hydroxylation sites is 1. The van der Waals surface area contributed by atoms with E-state index in [-0.39, 0.29) is 24.0 Å². The third kappa shape index (κ3) is 8.54. The van der Waals surface area contributed by atoms with Crippen LogP contribution in [0.5, 0.6) is 11.5 Å². The van der Waals surface area contributed by atoms with E-state index in [1.54, 1.807) is 14.2 Å². The van der Waals surface area contributed by atoms with Gasteiger partial charge in [-0.15, -0.1) is 24.0 Å². The zero-order valence-corrected chi connectivity index (χ0v) is 20.6. The molecule has 8 heteroatoms. The standard InChI is InChI=1S/C23H32N4O3.HI/c1-24-23(25-17-19-6-5-8-21(16-19)28-2)26-18-20-7-3-4-9-22(20)30-15-12-27-10-13-29-14-11-27;/h3-9,16H,10-15,17-18H2,1-2H3,(H2,24,25,26);1H. The quantitative estimate of drug-likeness (QED) is 0.290. The van der Waals surface area contributed by atoms with Gasteiger partial charge in [0.15, 0.2) is 5.96 Å². The van der Waals surface area contributed by atoms with Crippen LogP contribution in [0.25, 0.3) is 0 Å². The van der Waals surface area contributed by atoms with Crippen molar-refractivity contribution in [1.29, 1.82) is 0 Å². The number of methoxy groups -OCH3 is 1. The van der Waals surface area contributed by atoms with E-state index in [0.717, 1.165) is 61.4 Å². The lowest BCUT2D eigenvalue weighted by atomic mass is 10.2. The summed E-state index contributed by atoms with van der Waals surface area (Å²) in [6, 6.07) is 16.1. The largest absolute Gasteiger partial charge is 0.497 e. The number of hydrogen-bond acceptors (Lipinski definition) is 5. The minimum absolute atomic E-state index is 0. The zero-order chi connectivity index (χ0) is 21.0. The summed E-state index contributed by atoms with van der Waals surface area (Å²) in [6.07, 6.45) is 0. The molecule has 170 valence electrons. The van der Waals surface area contributed by atoms with Crippen molar-refractivity contribution in [2.24, 2.45) is 4.99 Å². The summed E-state index contributed by atoms with van der Waals surface area (Å²) in [5, 5.41) is 6.70. The molecule has 7 nitrogen and oxygen atoms in total. The van der Waals surface area contributed by atoms with Crippen LogP contribution in [-0.4, -0.2) is 64.5 Å². The first-order valence-electron chi connectivity index (χ1n) is 10.4. The minimum atomic E-state index is 0. The second kappa shape index (κ2) is 14.1. The van der Waals surface area contributed by atoms with E-state index < -0.39 is 0 Å². The zero-order valence-electron chi connectivity index (χ0n) is 18.3. The Bertz CT molecular complexity index is 813. The van der Waals surface area contributed by atoms with Gasteiger partial charge in [0.05, 0.1) is 20.3 Å². The lowest BCUT2D eigenvalue weighted by molar-refractivity contribution is 0.0322. The molecule has 1 aliphatic heterocycles. The summed E-state index contributed by atoms with van der Waals surface area (Å²) < 4.78 is 16.7. The SMILES string of the molecule is CN=C(NCc1cccc(OC)c1)NCc1ccccc1OCCN1CCOCC1.I. The summed E-state index contributed by atoms with van der Waals surface area (Å²) in [7, 11) is 3.44. The first-order chi connectivity index (χ1) is 14.8. The van der Waals surface area contributed by atoms with E-state index >= 15 is 0 Å². The molecule has 1 aliphatic rings. The maximum Gasteiger partial charge on any atom is 0.191 e. The Labute approximate surface area is 202 Å². The number of rotatable bonds is 9. The van der Waals surface area contributed by atoms with Gasteiger partial charge in [0.25, 0.3) is 0 Å². The second-order valence-corrected chi connectivity index (χ2v) is 7.04. The van der Waals surface area contributed by atoms with Crippen molar-refractivity contribution in [3.8, 4) is 11.5 Å². The summed E-state index contributed by atoms with van der Waals surface area (Å²) in [4.78, 5) is 6.69. The first kappa shape index (κ1) is 25.2. The van der Waals surface area contributed by atoms with Gasteiger partial charge < -0.3 is 24.8 Å². The van der Waals surface area contributed by atoms with Gasteiger partial charge >= 0.3 is 0 Å². The Kier molecular flexibility index (Phi) is 11.5. The summed E-state index contributed by atoms with van der Waals surface area (Å²) in [6.45, 7) is 6.43. The molecule has 1 heterocycles. The normalized spacial score (nSPS) is 14.5. The Morgan fingerprint density at radius 1 is 1.06 bits per heavy atom. The molecular weight excluding hydrogens is 507 g/mol. The van der Waals surface area contributed by atoms with E-state index in [1.807, 2.05) is 36.4 Å². The molecule has 0 radical (unpaired) electrons. The topological polar surface area (TPSA) is 67.4 Å². The second-order valence-electron chi connectivity index (χ2n) is 7.04. The van der Waals surface area contributed by atoms with E-state index in [9.17, 15) is 0 Å². The van der Waals surface area contributed by atoms with Gasteiger partial charge in [-0.25, -0.2) is 0 Å². The van der Waals surface area contributed by atoms with Gasteiger partial charge in [-0.1, -0.05) is 30.3 Å². The Morgan fingerprint density at radius 3 is 2.61 bits per heavy atom. The fourth-order valence-electron chi connectivity index (χ4n) is 3.27. The molecule has 2 aromatic carbocycles. The molecule has 0 aliphatic carbocycles. The summed E-state index contributed by atoms with van der Waals surface area (Å²) in [5.74, 6) is 2.49. The van der Waals surface area contributed by atoms with Crippen molar-refractivity contribution in [2.75, 3.05) is 53.6 Å². The Balaban J connectivity index is 0.00000341. The van der Waals surface area contributed by atoms with E-state index in [1.165, 1.54) is 0 Å². The molecule has 0 saturated carbocycles. The molecule has 31 heavy (non-hydrogen) atoms. The predicted octanol–water partition coefficient (Wildman–Crippen LogP) is 2.89. The number of morpholine rings is 1. The van der Waals surface area contributed by atoms with Gasteiger partial charge in [0.2, 0.25) is 0 Å². The van der Waals surface area contributed by atoms with Crippen LogP contribution >= 0.6 is 24.0 Å². The van der Waals surface area contributed by atoms with E-state index in [2.05, 4.69) is 32.7 Å². The molecule has 3 rings (SSSR count). The number of guanidine groups is 1. The number of nitrogens with one attached hydrogen (secondary N) is 2. The smallest absolute Gasteiger partial charge is 0.191 e. The van der Waals surface area contributed by atoms with E-state index in [4.69, 9.17) is 14.2 Å². The molecule has 0 spiro atoms. The maximum atomic E-state index is 6.06. The number of benzene rings is 2.